The van der Waals surface area contributed by atoms with Gasteiger partial charge in [-0.15, -0.1) is 0 Å². The number of aliphatic imine (C=N–C) groups is 1. The van der Waals surface area contributed by atoms with Gasteiger partial charge in [0.15, 0.2) is 12.0 Å². The third-order valence-electron chi connectivity index (χ3n) is 3.75. The summed E-state index contributed by atoms with van der Waals surface area (Å²) < 4.78 is 5.11. The van der Waals surface area contributed by atoms with Crippen LogP contribution in [0.15, 0.2) is 34.8 Å². The second-order valence-electron chi connectivity index (χ2n) is 5.19. The summed E-state index contributed by atoms with van der Waals surface area (Å²) in [6.45, 7) is -0.181. The first kappa shape index (κ1) is 14.9. The van der Waals surface area contributed by atoms with Gasteiger partial charge >= 0.3 is 0 Å². The fourth-order valence-electron chi connectivity index (χ4n) is 2.47. The molecule has 0 spiro atoms. The SMILES string of the molecule is O=C1C(/C=N/[C@H]2OC[C@@H](O)[C@H](O)[C@H]2O)=C(O)c2ccccc21. The summed E-state index contributed by atoms with van der Waals surface area (Å²) in [5.41, 5.74) is 0.800. The van der Waals surface area contributed by atoms with Crippen LogP contribution < -0.4 is 0 Å². The summed E-state index contributed by atoms with van der Waals surface area (Å²) in [7, 11) is 0. The van der Waals surface area contributed by atoms with Crippen LogP contribution in [-0.4, -0.2) is 63.6 Å². The summed E-state index contributed by atoms with van der Waals surface area (Å²) in [5, 5.41) is 38.8. The number of fused-ring (bicyclic) bond motifs is 1. The van der Waals surface area contributed by atoms with Gasteiger partial charge in [0.2, 0.25) is 0 Å². The van der Waals surface area contributed by atoms with E-state index in [9.17, 15) is 25.2 Å². The number of benzene rings is 1. The third-order valence-corrected chi connectivity index (χ3v) is 3.75. The Morgan fingerprint density at radius 3 is 2.50 bits per heavy atom. The highest BCUT2D eigenvalue weighted by Crippen LogP contribution is 2.30. The lowest BCUT2D eigenvalue weighted by atomic mass is 10.0. The second-order valence-corrected chi connectivity index (χ2v) is 5.19. The van der Waals surface area contributed by atoms with Crippen molar-refractivity contribution in [1.29, 1.82) is 0 Å². The number of carbonyl (C=O) groups excluding carboxylic acids is 1. The summed E-state index contributed by atoms with van der Waals surface area (Å²) in [5.74, 6) is -0.557. The number of carbonyl (C=O) groups is 1. The molecule has 3 rings (SSSR count). The highest BCUT2D eigenvalue weighted by molar-refractivity contribution is 6.30. The Hall–Kier alpha value is -2.06. The normalized spacial score (nSPS) is 31.9. The summed E-state index contributed by atoms with van der Waals surface area (Å²) in [6, 6.07) is 6.61. The number of nitrogens with zero attached hydrogens (tertiary/aromatic N) is 1. The molecule has 1 aromatic carbocycles. The van der Waals surface area contributed by atoms with Crippen LogP contribution in [0.2, 0.25) is 0 Å². The average Bonchev–Trinajstić information content (AvgIpc) is 2.77. The molecule has 0 saturated carbocycles. The van der Waals surface area contributed by atoms with E-state index in [0.717, 1.165) is 6.21 Å². The van der Waals surface area contributed by atoms with Crippen molar-refractivity contribution < 1.29 is 30.0 Å². The number of ketones is 1. The Morgan fingerprint density at radius 2 is 1.82 bits per heavy atom. The molecular formula is C15H15NO6. The van der Waals surface area contributed by atoms with Crippen molar-refractivity contribution in [2.45, 2.75) is 24.5 Å². The van der Waals surface area contributed by atoms with Gasteiger partial charge in [-0.05, 0) is 0 Å². The van der Waals surface area contributed by atoms with E-state index >= 15 is 0 Å². The fourth-order valence-corrected chi connectivity index (χ4v) is 2.47. The van der Waals surface area contributed by atoms with E-state index in [0.29, 0.717) is 11.1 Å². The first-order chi connectivity index (χ1) is 10.5. The van der Waals surface area contributed by atoms with Gasteiger partial charge in [-0.3, -0.25) is 9.79 Å². The number of ether oxygens (including phenoxy) is 1. The van der Waals surface area contributed by atoms with Crippen LogP contribution in [0.4, 0.5) is 0 Å². The van der Waals surface area contributed by atoms with Crippen molar-refractivity contribution in [1.82, 2.24) is 0 Å². The van der Waals surface area contributed by atoms with E-state index in [-0.39, 0.29) is 23.7 Å². The van der Waals surface area contributed by atoms with Crippen molar-refractivity contribution in [3.63, 3.8) is 0 Å². The molecule has 0 radical (unpaired) electrons. The van der Waals surface area contributed by atoms with E-state index in [2.05, 4.69) is 4.99 Å². The van der Waals surface area contributed by atoms with E-state index < -0.39 is 24.5 Å². The van der Waals surface area contributed by atoms with Crippen LogP contribution in [-0.2, 0) is 4.74 Å². The smallest absolute Gasteiger partial charge is 0.199 e. The molecule has 1 fully saturated rings. The van der Waals surface area contributed by atoms with Gasteiger partial charge in [0.05, 0.1) is 12.2 Å². The molecule has 1 aliphatic heterocycles. The van der Waals surface area contributed by atoms with Crippen molar-refractivity contribution in [2.24, 2.45) is 4.99 Å². The van der Waals surface area contributed by atoms with Crippen LogP contribution in [0, 0.1) is 0 Å². The van der Waals surface area contributed by atoms with E-state index in [4.69, 9.17) is 4.74 Å². The zero-order chi connectivity index (χ0) is 15.9. The average molecular weight is 305 g/mol. The van der Waals surface area contributed by atoms with E-state index in [1.165, 1.54) is 0 Å². The number of allylic oxidation sites excluding steroid dienone is 1. The molecule has 4 atom stereocenters. The minimum Gasteiger partial charge on any atom is -0.506 e. The molecule has 7 heteroatoms. The maximum atomic E-state index is 12.2. The molecule has 1 saturated heterocycles. The second kappa shape index (κ2) is 5.62. The third kappa shape index (κ3) is 2.34. The number of hydrogen-bond acceptors (Lipinski definition) is 7. The number of aliphatic hydroxyl groups excluding tert-OH is 4. The number of rotatable bonds is 2. The van der Waals surface area contributed by atoms with Crippen molar-refractivity contribution >= 4 is 17.8 Å². The molecule has 7 nitrogen and oxygen atoms in total. The molecule has 0 unspecified atom stereocenters. The highest BCUT2D eigenvalue weighted by Gasteiger charge is 2.37. The molecule has 4 N–H and O–H groups in total. The van der Waals surface area contributed by atoms with Gasteiger partial charge < -0.3 is 25.2 Å². The molecule has 1 heterocycles. The lowest BCUT2D eigenvalue weighted by Gasteiger charge is -2.32. The molecule has 1 aliphatic carbocycles. The van der Waals surface area contributed by atoms with Crippen LogP contribution in [0.5, 0.6) is 0 Å². The van der Waals surface area contributed by atoms with Gasteiger partial charge in [0, 0.05) is 17.3 Å². The molecule has 22 heavy (non-hydrogen) atoms. The summed E-state index contributed by atoms with van der Waals surface area (Å²) in [4.78, 5) is 16.1. The number of Topliss-reactive ketones (excluding diaryl/α,β-unsaturated/α-hetero) is 1. The van der Waals surface area contributed by atoms with Gasteiger partial charge in [-0.1, -0.05) is 24.3 Å². The first-order valence-electron chi connectivity index (χ1n) is 6.77. The van der Waals surface area contributed by atoms with Crippen LogP contribution in [0.25, 0.3) is 5.76 Å². The summed E-state index contributed by atoms with van der Waals surface area (Å²) in [6.07, 6.45) is -3.98. The standard InChI is InChI=1S/C15H15NO6/c17-10-6-22-15(14(21)13(10)20)16-5-9-11(18)7-3-1-2-4-8(7)12(9)19/h1-5,10,13-15,17-18,20-21H,6H2/b16-5+/t10-,13+,14-,15+/m1/s1. The molecule has 0 amide bonds. The van der Waals surface area contributed by atoms with Crippen LogP contribution in [0.1, 0.15) is 15.9 Å². The van der Waals surface area contributed by atoms with Crippen molar-refractivity contribution in [3.8, 4) is 0 Å². The van der Waals surface area contributed by atoms with E-state index in [1.807, 2.05) is 0 Å². The lowest BCUT2D eigenvalue weighted by molar-refractivity contribution is -0.183. The van der Waals surface area contributed by atoms with Crippen molar-refractivity contribution in [3.05, 3.63) is 41.0 Å². The maximum Gasteiger partial charge on any atom is 0.199 e. The van der Waals surface area contributed by atoms with Crippen LogP contribution >= 0.6 is 0 Å². The molecule has 116 valence electrons. The monoisotopic (exact) mass is 305 g/mol. The van der Waals surface area contributed by atoms with E-state index in [1.54, 1.807) is 24.3 Å². The molecule has 0 bridgehead atoms. The fraction of sp³-hybridized carbons (Fsp3) is 0.333. The predicted octanol–water partition coefficient (Wildman–Crippen LogP) is -0.338. The number of aliphatic hydroxyl groups is 4. The highest BCUT2D eigenvalue weighted by atomic mass is 16.5. The van der Waals surface area contributed by atoms with Gasteiger partial charge in [-0.2, -0.15) is 0 Å². The minimum atomic E-state index is -1.42. The Kier molecular flexibility index (Phi) is 3.79. The minimum absolute atomic E-state index is 0.00221. The lowest BCUT2D eigenvalue weighted by Crippen LogP contribution is -2.52. The largest absolute Gasteiger partial charge is 0.506 e. The molecule has 2 aliphatic rings. The maximum absolute atomic E-state index is 12.2. The van der Waals surface area contributed by atoms with Crippen LogP contribution in [0.3, 0.4) is 0 Å². The molecule has 0 aromatic heterocycles. The number of hydrogen-bond donors (Lipinski definition) is 4. The van der Waals surface area contributed by atoms with Gasteiger partial charge in [0.1, 0.15) is 24.1 Å². The Balaban J connectivity index is 1.82. The van der Waals surface area contributed by atoms with Crippen molar-refractivity contribution in [2.75, 3.05) is 6.61 Å². The zero-order valence-electron chi connectivity index (χ0n) is 11.5. The topological polar surface area (TPSA) is 120 Å². The van der Waals surface area contributed by atoms with Gasteiger partial charge in [-0.25, -0.2) is 0 Å². The zero-order valence-corrected chi connectivity index (χ0v) is 11.5. The quantitative estimate of drug-likeness (QED) is 0.555. The summed E-state index contributed by atoms with van der Waals surface area (Å²) >= 11 is 0. The first-order valence-corrected chi connectivity index (χ1v) is 6.77. The molecular weight excluding hydrogens is 290 g/mol. The van der Waals surface area contributed by atoms with Gasteiger partial charge in [0.25, 0.3) is 0 Å². The Bertz CT molecular complexity index is 668. The Morgan fingerprint density at radius 1 is 1.14 bits per heavy atom. The predicted molar refractivity (Wildman–Crippen MR) is 76.6 cm³/mol. The molecule has 1 aromatic rings. The Labute approximate surface area is 125 Å².